The summed E-state index contributed by atoms with van der Waals surface area (Å²) in [6, 6.07) is 16.0. The van der Waals surface area contributed by atoms with Gasteiger partial charge in [-0.25, -0.2) is 0 Å². The first-order chi connectivity index (χ1) is 15.5. The van der Waals surface area contributed by atoms with Gasteiger partial charge in [0, 0.05) is 25.5 Å². The molecule has 0 aliphatic rings. The lowest BCUT2D eigenvalue weighted by atomic mass is 10.2. The number of aliphatic hydroxyl groups excluding tert-OH is 1. The fourth-order valence-corrected chi connectivity index (χ4v) is 1.64. The van der Waals surface area contributed by atoms with E-state index in [9.17, 15) is 9.59 Å². The van der Waals surface area contributed by atoms with E-state index in [1.165, 1.54) is 6.92 Å². The molecule has 0 bridgehead atoms. The van der Waals surface area contributed by atoms with Crippen LogP contribution in [0.1, 0.15) is 88.2 Å². The van der Waals surface area contributed by atoms with E-state index in [1.807, 2.05) is 53.7 Å². The Morgan fingerprint density at radius 3 is 1.47 bits per heavy atom. The highest BCUT2D eigenvalue weighted by molar-refractivity contribution is 5.91. The molecule has 3 aromatic rings. The Hall–Kier alpha value is -3.25. The summed E-state index contributed by atoms with van der Waals surface area (Å²) in [7, 11) is 0. The Morgan fingerprint density at radius 2 is 1.25 bits per heavy atom. The highest BCUT2D eigenvalue weighted by Gasteiger charge is 1.97. The van der Waals surface area contributed by atoms with Crippen LogP contribution in [-0.4, -0.2) is 32.1 Å². The van der Waals surface area contributed by atoms with Gasteiger partial charge in [-0.05, 0) is 43.3 Å². The summed E-state index contributed by atoms with van der Waals surface area (Å²) < 4.78 is 0. The molecular formula is C26H39N3O3. The van der Waals surface area contributed by atoms with E-state index >= 15 is 0 Å². The van der Waals surface area contributed by atoms with E-state index < -0.39 is 6.10 Å². The molecule has 0 amide bonds. The maximum atomic E-state index is 10.6. The normalized spacial score (nSPS) is 8.91. The average Bonchev–Trinajstić information content (AvgIpc) is 2.90. The summed E-state index contributed by atoms with van der Waals surface area (Å²) in [4.78, 5) is 32.0. The number of rotatable bonds is 3. The zero-order valence-corrected chi connectivity index (χ0v) is 20.7. The number of aliphatic hydroxyl groups is 1. The fraction of sp³-hybridized carbons (Fsp3) is 0.346. The number of Topliss-reactive ketones (excluding diaryl/α,β-unsaturated/α-hetero) is 1. The van der Waals surface area contributed by atoms with Crippen molar-refractivity contribution in [3.8, 4) is 0 Å². The molecule has 0 spiro atoms. The molecular weight excluding hydrogens is 402 g/mol. The predicted molar refractivity (Wildman–Crippen MR) is 133 cm³/mol. The van der Waals surface area contributed by atoms with Gasteiger partial charge in [-0.15, -0.1) is 0 Å². The van der Waals surface area contributed by atoms with Gasteiger partial charge < -0.3 is 5.11 Å². The van der Waals surface area contributed by atoms with E-state index in [0.717, 1.165) is 12.0 Å². The van der Waals surface area contributed by atoms with Crippen LogP contribution >= 0.6 is 0 Å². The van der Waals surface area contributed by atoms with E-state index in [0.29, 0.717) is 11.4 Å². The number of nitrogens with zero attached hydrogens (tertiary/aromatic N) is 3. The van der Waals surface area contributed by atoms with Crippen molar-refractivity contribution in [1.82, 2.24) is 15.0 Å². The van der Waals surface area contributed by atoms with Gasteiger partial charge in [0.25, 0.3) is 0 Å². The third kappa shape index (κ3) is 18.8. The van der Waals surface area contributed by atoms with Crippen LogP contribution in [0.3, 0.4) is 0 Å². The van der Waals surface area contributed by atoms with Crippen molar-refractivity contribution in [2.45, 2.75) is 61.5 Å². The topological polar surface area (TPSA) is 93.0 Å². The minimum atomic E-state index is -0.453. The summed E-state index contributed by atoms with van der Waals surface area (Å²) >= 11 is 0. The third-order valence-electron chi connectivity index (χ3n) is 2.95. The van der Waals surface area contributed by atoms with Crippen LogP contribution in [-0.2, 0) is 0 Å². The quantitative estimate of drug-likeness (QED) is 0.374. The Bertz CT molecular complexity index is 766. The van der Waals surface area contributed by atoms with Gasteiger partial charge >= 0.3 is 0 Å². The number of aromatic nitrogens is 3. The first kappa shape index (κ1) is 33.4. The fourth-order valence-electron chi connectivity index (χ4n) is 1.64. The molecule has 0 saturated carbocycles. The summed E-state index contributed by atoms with van der Waals surface area (Å²) in [5, 5.41) is 8.96. The van der Waals surface area contributed by atoms with Crippen molar-refractivity contribution in [2.75, 3.05) is 0 Å². The lowest BCUT2D eigenvalue weighted by molar-refractivity contribution is 0.101. The lowest BCUT2D eigenvalue weighted by Gasteiger charge is -1.99. The molecule has 0 saturated heterocycles. The van der Waals surface area contributed by atoms with Gasteiger partial charge in [-0.1, -0.05) is 59.7 Å². The van der Waals surface area contributed by atoms with Crippen molar-refractivity contribution in [1.29, 1.82) is 0 Å². The minimum absolute atomic E-state index is 0.00981. The van der Waals surface area contributed by atoms with Gasteiger partial charge in [0.05, 0.1) is 11.8 Å². The standard InChI is InChI=1S/C7H9NO.C7H7NO.C6H5NO.3C2H6/c2*1-6(9)7-4-2-3-5-8-7;8-5-6-3-1-2-4-7-6;3*1-2/h2-6,9H,1H3;2-5H,1H3;1-5H;3*1-2H3. The number of carbonyl (C=O) groups is 2. The summed E-state index contributed by atoms with van der Waals surface area (Å²) in [6.07, 6.45) is 5.13. The van der Waals surface area contributed by atoms with Gasteiger partial charge in [-0.2, -0.15) is 0 Å². The predicted octanol–water partition coefficient (Wildman–Crippen LogP) is 6.39. The molecule has 1 N–H and O–H groups in total. The third-order valence-corrected chi connectivity index (χ3v) is 2.95. The molecule has 1 unspecified atom stereocenters. The first-order valence-electron chi connectivity index (χ1n) is 10.9. The van der Waals surface area contributed by atoms with E-state index in [2.05, 4.69) is 15.0 Å². The van der Waals surface area contributed by atoms with Crippen molar-refractivity contribution in [2.24, 2.45) is 0 Å². The van der Waals surface area contributed by atoms with Crippen LogP contribution < -0.4 is 0 Å². The zero-order chi connectivity index (χ0) is 25.2. The maximum Gasteiger partial charge on any atom is 0.178 e. The molecule has 0 aromatic carbocycles. The molecule has 3 heterocycles. The van der Waals surface area contributed by atoms with Crippen LogP contribution in [0, 0.1) is 0 Å². The molecule has 3 aromatic heterocycles. The van der Waals surface area contributed by atoms with Crippen LogP contribution in [0.15, 0.2) is 73.2 Å². The summed E-state index contributed by atoms with van der Waals surface area (Å²) in [6.45, 7) is 15.2. The number of ketones is 1. The van der Waals surface area contributed by atoms with Gasteiger partial charge in [0.2, 0.25) is 0 Å². The second kappa shape index (κ2) is 25.8. The van der Waals surface area contributed by atoms with Crippen molar-refractivity contribution < 1.29 is 14.7 Å². The van der Waals surface area contributed by atoms with Crippen LogP contribution in [0.4, 0.5) is 0 Å². The lowest BCUT2D eigenvalue weighted by Crippen LogP contribution is -1.93. The second-order valence-corrected chi connectivity index (χ2v) is 5.07. The molecule has 3 rings (SSSR count). The highest BCUT2D eigenvalue weighted by Crippen LogP contribution is 2.05. The molecule has 0 aliphatic heterocycles. The van der Waals surface area contributed by atoms with Crippen LogP contribution in [0.5, 0.6) is 0 Å². The molecule has 0 fully saturated rings. The molecule has 6 nitrogen and oxygen atoms in total. The van der Waals surface area contributed by atoms with E-state index in [1.54, 1.807) is 68.0 Å². The largest absolute Gasteiger partial charge is 0.387 e. The molecule has 32 heavy (non-hydrogen) atoms. The average molecular weight is 442 g/mol. The Balaban J connectivity index is -0.000000353. The zero-order valence-electron chi connectivity index (χ0n) is 20.7. The van der Waals surface area contributed by atoms with Crippen LogP contribution in [0.2, 0.25) is 0 Å². The van der Waals surface area contributed by atoms with E-state index in [-0.39, 0.29) is 5.78 Å². The minimum Gasteiger partial charge on any atom is -0.387 e. The number of pyridine rings is 3. The SMILES string of the molecule is CC.CC.CC.CC(=O)c1ccccn1.CC(O)c1ccccn1.O=Cc1ccccn1. The summed E-state index contributed by atoms with van der Waals surface area (Å²) in [5.41, 5.74) is 1.72. The maximum absolute atomic E-state index is 10.6. The second-order valence-electron chi connectivity index (χ2n) is 5.07. The monoisotopic (exact) mass is 441 g/mol. The van der Waals surface area contributed by atoms with Crippen LogP contribution in [0.25, 0.3) is 0 Å². The molecule has 0 aliphatic carbocycles. The molecule has 176 valence electrons. The van der Waals surface area contributed by atoms with E-state index in [4.69, 9.17) is 5.11 Å². The van der Waals surface area contributed by atoms with Crippen molar-refractivity contribution in [3.05, 3.63) is 90.3 Å². The molecule has 1 atom stereocenters. The highest BCUT2D eigenvalue weighted by atomic mass is 16.3. The van der Waals surface area contributed by atoms with Crippen molar-refractivity contribution >= 4 is 12.1 Å². The number of hydrogen-bond acceptors (Lipinski definition) is 6. The molecule has 6 heteroatoms. The number of aldehydes is 1. The first-order valence-corrected chi connectivity index (χ1v) is 10.9. The van der Waals surface area contributed by atoms with Gasteiger partial charge in [0.15, 0.2) is 12.1 Å². The Morgan fingerprint density at radius 1 is 0.781 bits per heavy atom. The Kier molecular flexibility index (Phi) is 26.9. The number of hydrogen-bond donors (Lipinski definition) is 1. The van der Waals surface area contributed by atoms with Crippen molar-refractivity contribution in [3.63, 3.8) is 0 Å². The van der Waals surface area contributed by atoms with Gasteiger partial charge in [-0.3, -0.25) is 24.5 Å². The number of carbonyl (C=O) groups excluding carboxylic acids is 2. The Labute approximate surface area is 193 Å². The summed E-state index contributed by atoms with van der Waals surface area (Å²) in [5.74, 6) is 0.00981. The molecule has 0 radical (unpaired) electrons. The smallest absolute Gasteiger partial charge is 0.178 e. The van der Waals surface area contributed by atoms with Gasteiger partial charge in [0.1, 0.15) is 11.4 Å².